The molecule has 0 aromatic carbocycles. The maximum Gasteiger partial charge on any atom is 0.308 e. The number of rotatable bonds is 4. The summed E-state index contributed by atoms with van der Waals surface area (Å²) in [6.07, 6.45) is 11.8. The molecule has 5 aliphatic rings. The molecule has 0 aliphatic heterocycles. The maximum atomic E-state index is 11.9. The third kappa shape index (κ3) is 2.70. The molecule has 0 saturated heterocycles. The Kier molecular flexibility index (Phi) is 3.84. The Balaban J connectivity index is 1.39. The predicted octanol–water partition coefficient (Wildman–Crippen LogP) is 2.41. The molecule has 2 aromatic heterocycles. The van der Waals surface area contributed by atoms with Gasteiger partial charge in [-0.1, -0.05) is 12.2 Å². The van der Waals surface area contributed by atoms with Crippen LogP contribution in [-0.4, -0.2) is 44.9 Å². The Bertz CT molecular complexity index is 1050. The van der Waals surface area contributed by atoms with Gasteiger partial charge in [-0.15, -0.1) is 10.2 Å². The topological polar surface area (TPSA) is 113 Å². The van der Waals surface area contributed by atoms with Gasteiger partial charge in [-0.2, -0.15) is 0 Å². The van der Waals surface area contributed by atoms with Crippen LogP contribution in [0.4, 0.5) is 5.69 Å². The van der Waals surface area contributed by atoms with E-state index in [1.165, 1.54) is 19.9 Å². The summed E-state index contributed by atoms with van der Waals surface area (Å²) in [5.74, 6) is 1.39. The van der Waals surface area contributed by atoms with Crippen LogP contribution in [0.5, 0.6) is 0 Å². The van der Waals surface area contributed by atoms with Crippen molar-refractivity contribution >= 4 is 17.7 Å². The SMILES string of the molecule is CNC(=O)c1nnc(-c2cnc3c(c2NC2[C@@H]4CC5C[C@H]2CC(O)(C5)C4)C=CC3)o1. The second-order valence-corrected chi connectivity index (χ2v) is 9.37. The van der Waals surface area contributed by atoms with Gasteiger partial charge in [0.1, 0.15) is 0 Å². The molecular formula is C22H25N5O3. The molecule has 4 fully saturated rings. The number of aliphatic hydroxyl groups is 1. The van der Waals surface area contributed by atoms with Crippen LogP contribution in [0.3, 0.4) is 0 Å². The summed E-state index contributed by atoms with van der Waals surface area (Å²) in [4.78, 5) is 16.5. The smallest absolute Gasteiger partial charge is 0.308 e. The minimum atomic E-state index is -0.466. The Hall–Kier alpha value is -2.74. The molecule has 5 atom stereocenters. The Morgan fingerprint density at radius 3 is 2.77 bits per heavy atom. The fraction of sp³-hybridized carbons (Fsp3) is 0.545. The van der Waals surface area contributed by atoms with Crippen LogP contribution >= 0.6 is 0 Å². The zero-order valence-electron chi connectivity index (χ0n) is 16.9. The number of hydrogen-bond acceptors (Lipinski definition) is 7. The van der Waals surface area contributed by atoms with E-state index >= 15 is 0 Å². The van der Waals surface area contributed by atoms with Crippen LogP contribution in [0.15, 0.2) is 16.7 Å². The van der Waals surface area contributed by atoms with Gasteiger partial charge in [0.25, 0.3) is 5.89 Å². The third-order valence-electron chi connectivity index (χ3n) is 7.42. The van der Waals surface area contributed by atoms with Crippen molar-refractivity contribution in [1.29, 1.82) is 0 Å². The molecule has 1 amide bonds. The number of fused-ring (bicyclic) bond motifs is 1. The van der Waals surface area contributed by atoms with E-state index in [9.17, 15) is 9.90 Å². The molecule has 30 heavy (non-hydrogen) atoms. The highest BCUT2D eigenvalue weighted by Gasteiger charge is 2.54. The number of aromatic nitrogens is 3. The van der Waals surface area contributed by atoms with E-state index in [1.54, 1.807) is 6.20 Å². The van der Waals surface area contributed by atoms with E-state index in [2.05, 4.69) is 38.0 Å². The first-order valence-corrected chi connectivity index (χ1v) is 10.8. The van der Waals surface area contributed by atoms with Crippen molar-refractivity contribution in [3.8, 4) is 11.5 Å². The molecule has 156 valence electrons. The van der Waals surface area contributed by atoms with E-state index in [4.69, 9.17) is 4.42 Å². The fourth-order valence-electron chi connectivity index (χ4n) is 6.43. The first kappa shape index (κ1) is 18.1. The molecule has 7 rings (SSSR count). The highest BCUT2D eigenvalue weighted by Crippen LogP contribution is 2.56. The molecule has 2 aromatic rings. The number of amides is 1. The molecule has 0 radical (unpaired) electrons. The average molecular weight is 407 g/mol. The van der Waals surface area contributed by atoms with Crippen LogP contribution in [0.25, 0.3) is 17.5 Å². The summed E-state index contributed by atoms with van der Waals surface area (Å²) in [6.45, 7) is 0. The predicted molar refractivity (Wildman–Crippen MR) is 110 cm³/mol. The van der Waals surface area contributed by atoms with E-state index in [1.807, 2.05) is 0 Å². The zero-order valence-corrected chi connectivity index (χ0v) is 16.9. The van der Waals surface area contributed by atoms with Crippen LogP contribution in [0.1, 0.15) is 54.0 Å². The van der Waals surface area contributed by atoms with Crippen molar-refractivity contribution in [2.75, 3.05) is 12.4 Å². The second kappa shape index (κ2) is 6.38. The lowest BCUT2D eigenvalue weighted by Crippen LogP contribution is -2.59. The Morgan fingerprint density at radius 1 is 1.23 bits per heavy atom. The van der Waals surface area contributed by atoms with Crippen molar-refractivity contribution in [2.45, 2.75) is 50.2 Å². The van der Waals surface area contributed by atoms with Gasteiger partial charge in [0.05, 0.1) is 22.5 Å². The summed E-state index contributed by atoms with van der Waals surface area (Å²) >= 11 is 0. The number of carbonyl (C=O) groups is 1. The van der Waals surface area contributed by atoms with Crippen LogP contribution in [0, 0.1) is 17.8 Å². The third-order valence-corrected chi connectivity index (χ3v) is 7.42. The molecule has 3 N–H and O–H groups in total. The van der Waals surface area contributed by atoms with Crippen LogP contribution < -0.4 is 10.6 Å². The molecule has 4 saturated carbocycles. The Labute approximate surface area is 174 Å². The lowest BCUT2D eigenvalue weighted by atomic mass is 9.52. The molecule has 3 unspecified atom stereocenters. The highest BCUT2D eigenvalue weighted by atomic mass is 16.4. The van der Waals surface area contributed by atoms with E-state index in [0.29, 0.717) is 23.8 Å². The molecule has 8 heteroatoms. The minimum Gasteiger partial charge on any atom is -0.412 e. The van der Waals surface area contributed by atoms with Crippen molar-refractivity contribution in [1.82, 2.24) is 20.5 Å². The summed E-state index contributed by atoms with van der Waals surface area (Å²) < 4.78 is 5.67. The van der Waals surface area contributed by atoms with Crippen LogP contribution in [-0.2, 0) is 6.42 Å². The Morgan fingerprint density at radius 2 is 2.03 bits per heavy atom. The molecule has 8 nitrogen and oxygen atoms in total. The van der Waals surface area contributed by atoms with Crippen molar-refractivity contribution in [3.05, 3.63) is 29.4 Å². The molecule has 4 bridgehead atoms. The lowest BCUT2D eigenvalue weighted by Gasteiger charge is -2.58. The van der Waals surface area contributed by atoms with Gasteiger partial charge >= 0.3 is 11.8 Å². The van der Waals surface area contributed by atoms with Gasteiger partial charge in [0.15, 0.2) is 0 Å². The number of pyridine rings is 1. The van der Waals surface area contributed by atoms with Crippen molar-refractivity contribution < 1.29 is 14.3 Å². The summed E-state index contributed by atoms with van der Waals surface area (Å²) in [6, 6.07) is 0.308. The molecule has 0 spiro atoms. The van der Waals surface area contributed by atoms with Gasteiger partial charge < -0.3 is 20.2 Å². The monoisotopic (exact) mass is 407 g/mol. The van der Waals surface area contributed by atoms with Gasteiger partial charge in [0.2, 0.25) is 0 Å². The first-order valence-electron chi connectivity index (χ1n) is 10.8. The van der Waals surface area contributed by atoms with E-state index < -0.39 is 11.5 Å². The molecule has 2 heterocycles. The number of carbonyl (C=O) groups excluding carboxylic acids is 1. The number of hydrogen-bond donors (Lipinski definition) is 3. The van der Waals surface area contributed by atoms with Crippen molar-refractivity contribution in [3.63, 3.8) is 0 Å². The number of anilines is 1. The standard InChI is InChI=1S/C22H25N5O3/c1-23-19(28)21-27-26-20(30-21)15-10-24-16-4-2-3-14(16)18(15)25-17-12-5-11-6-13(17)9-22(29,7-11)8-12/h2-3,10-13,17,29H,4-9H2,1H3,(H,23,28)(H,24,25)/t11?,12-,13+,17?,22?. The number of nitrogens with zero attached hydrogens (tertiary/aromatic N) is 3. The minimum absolute atomic E-state index is 0.0636. The van der Waals surface area contributed by atoms with Gasteiger partial charge in [-0.05, 0) is 49.9 Å². The zero-order chi connectivity index (χ0) is 20.5. The van der Waals surface area contributed by atoms with Gasteiger partial charge in [0, 0.05) is 31.3 Å². The van der Waals surface area contributed by atoms with Gasteiger partial charge in [-0.3, -0.25) is 9.78 Å². The summed E-state index contributed by atoms with van der Waals surface area (Å²) in [5, 5.41) is 25.3. The maximum absolute atomic E-state index is 11.9. The normalized spacial score (nSPS) is 33.0. The van der Waals surface area contributed by atoms with E-state index in [0.717, 1.165) is 48.2 Å². The first-order chi connectivity index (χ1) is 14.5. The second-order valence-electron chi connectivity index (χ2n) is 9.37. The van der Waals surface area contributed by atoms with E-state index in [-0.39, 0.29) is 11.8 Å². The summed E-state index contributed by atoms with van der Waals surface area (Å²) in [5.41, 5.74) is 3.28. The van der Waals surface area contributed by atoms with Gasteiger partial charge in [-0.25, -0.2) is 0 Å². The number of nitrogens with one attached hydrogen (secondary N) is 2. The fourth-order valence-corrected chi connectivity index (χ4v) is 6.43. The molecule has 5 aliphatic carbocycles. The highest BCUT2D eigenvalue weighted by molar-refractivity contribution is 5.90. The quantitative estimate of drug-likeness (QED) is 0.713. The average Bonchev–Trinajstić information content (AvgIpc) is 3.38. The lowest BCUT2D eigenvalue weighted by molar-refractivity contribution is -0.129. The van der Waals surface area contributed by atoms with Crippen LogP contribution in [0.2, 0.25) is 0 Å². The van der Waals surface area contributed by atoms with Crippen molar-refractivity contribution in [2.24, 2.45) is 17.8 Å². The number of allylic oxidation sites excluding steroid dienone is 1. The largest absolute Gasteiger partial charge is 0.412 e. The molecular weight excluding hydrogens is 382 g/mol. The summed E-state index contributed by atoms with van der Waals surface area (Å²) in [7, 11) is 1.53.